The number of aliphatic hydroxyl groups excluding tert-OH is 1. The molecule has 2 aliphatic heterocycles. The zero-order valence-electron chi connectivity index (χ0n) is 10.5. The maximum Gasteiger partial charge on any atom is 0.356 e. The molecule has 0 saturated carbocycles. The summed E-state index contributed by atoms with van der Waals surface area (Å²) in [6, 6.07) is -0.477. The molecule has 3 rings (SSSR count). The Labute approximate surface area is 119 Å². The van der Waals surface area contributed by atoms with Crippen molar-refractivity contribution in [2.45, 2.75) is 48.1 Å². The van der Waals surface area contributed by atoms with Crippen molar-refractivity contribution >= 4 is 27.3 Å². The van der Waals surface area contributed by atoms with E-state index >= 15 is 0 Å². The van der Waals surface area contributed by atoms with Crippen molar-refractivity contribution in [3.8, 4) is 0 Å². The number of hydrogen-bond acceptors (Lipinski definition) is 6. The number of hydrogen-bond donors (Lipinski definition) is 2. The van der Waals surface area contributed by atoms with Crippen molar-refractivity contribution in [3.63, 3.8) is 0 Å². The average molecular weight is 318 g/mol. The molecule has 0 aromatic carbocycles. The molecular formula is C11H14N2O5S2. The van der Waals surface area contributed by atoms with Gasteiger partial charge in [-0.25, -0.2) is 18.2 Å². The lowest BCUT2D eigenvalue weighted by Crippen LogP contribution is -2.47. The van der Waals surface area contributed by atoms with Crippen LogP contribution >= 0.6 is 11.3 Å². The van der Waals surface area contributed by atoms with Crippen molar-refractivity contribution < 1.29 is 23.4 Å². The Hall–Kier alpha value is -1.03. The standard InChI is InChI=1S/C11H14N2O5S2/c14-8-3-6-1-2-7(4-8)13(6)20(17,18)11-9(10(15)16)12-5-19-11/h5-8,14H,1-4H2,(H,15,16). The molecule has 2 atom stereocenters. The molecule has 0 spiro atoms. The van der Waals surface area contributed by atoms with Gasteiger partial charge in [0, 0.05) is 12.1 Å². The van der Waals surface area contributed by atoms with Crippen molar-refractivity contribution in [2.24, 2.45) is 0 Å². The summed E-state index contributed by atoms with van der Waals surface area (Å²) in [6.07, 6.45) is 1.78. The second-order valence-corrected chi connectivity index (χ2v) is 8.03. The molecule has 7 nitrogen and oxygen atoms in total. The van der Waals surface area contributed by atoms with Crippen LogP contribution in [0.4, 0.5) is 0 Å². The Morgan fingerprint density at radius 1 is 1.35 bits per heavy atom. The molecule has 2 bridgehead atoms. The molecule has 2 saturated heterocycles. The van der Waals surface area contributed by atoms with Crippen LogP contribution in [-0.4, -0.2) is 52.1 Å². The number of thiazole rings is 1. The number of carbonyl (C=O) groups is 1. The lowest BCUT2D eigenvalue weighted by atomic mass is 10.0. The number of aromatic nitrogens is 1. The summed E-state index contributed by atoms with van der Waals surface area (Å²) in [5.74, 6) is -1.34. The molecular weight excluding hydrogens is 304 g/mol. The summed E-state index contributed by atoms with van der Waals surface area (Å²) in [4.78, 5) is 14.7. The van der Waals surface area contributed by atoms with Crippen molar-refractivity contribution in [1.82, 2.24) is 9.29 Å². The fraction of sp³-hybridized carbons (Fsp3) is 0.636. The Morgan fingerprint density at radius 3 is 2.50 bits per heavy atom. The summed E-state index contributed by atoms with van der Waals surface area (Å²) < 4.78 is 26.6. The van der Waals surface area contributed by atoms with Gasteiger partial charge in [-0.2, -0.15) is 4.31 Å². The maximum atomic E-state index is 12.7. The fourth-order valence-corrected chi connectivity index (χ4v) is 6.28. The molecule has 3 heterocycles. The van der Waals surface area contributed by atoms with E-state index in [-0.39, 0.29) is 16.3 Å². The summed E-state index contributed by atoms with van der Waals surface area (Å²) in [5, 5.41) is 18.7. The van der Waals surface area contributed by atoms with Crippen LogP contribution in [0.2, 0.25) is 0 Å². The number of aromatic carboxylic acids is 1. The first-order valence-corrected chi connectivity index (χ1v) is 8.61. The number of rotatable bonds is 3. The zero-order chi connectivity index (χ0) is 14.5. The minimum Gasteiger partial charge on any atom is -0.476 e. The summed E-state index contributed by atoms with van der Waals surface area (Å²) in [7, 11) is -3.86. The Morgan fingerprint density at radius 2 is 1.95 bits per heavy atom. The van der Waals surface area contributed by atoms with E-state index < -0.39 is 27.8 Å². The van der Waals surface area contributed by atoms with E-state index in [0.29, 0.717) is 25.7 Å². The molecule has 0 amide bonds. The predicted octanol–water partition coefficient (Wildman–Crippen LogP) is 0.518. The van der Waals surface area contributed by atoms with Crippen LogP contribution in [-0.2, 0) is 10.0 Å². The average Bonchev–Trinajstić information content (AvgIpc) is 2.94. The largest absolute Gasteiger partial charge is 0.476 e. The Kier molecular flexibility index (Phi) is 3.32. The van der Waals surface area contributed by atoms with Crippen LogP contribution in [0.15, 0.2) is 9.72 Å². The second kappa shape index (κ2) is 4.76. The van der Waals surface area contributed by atoms with Crippen LogP contribution in [0.3, 0.4) is 0 Å². The van der Waals surface area contributed by atoms with Crippen LogP contribution in [0.1, 0.15) is 36.2 Å². The number of nitrogens with zero attached hydrogens (tertiary/aromatic N) is 2. The normalized spacial score (nSPS) is 30.6. The van der Waals surface area contributed by atoms with E-state index in [1.165, 1.54) is 9.82 Å². The topological polar surface area (TPSA) is 108 Å². The highest BCUT2D eigenvalue weighted by Crippen LogP contribution is 2.40. The van der Waals surface area contributed by atoms with Gasteiger partial charge in [0.15, 0.2) is 9.90 Å². The van der Waals surface area contributed by atoms with Crippen LogP contribution in [0.5, 0.6) is 0 Å². The number of fused-ring (bicyclic) bond motifs is 2. The van der Waals surface area contributed by atoms with Gasteiger partial charge >= 0.3 is 5.97 Å². The first kappa shape index (κ1) is 13.9. The molecule has 2 unspecified atom stereocenters. The summed E-state index contributed by atoms with van der Waals surface area (Å²) in [6.45, 7) is 0. The quantitative estimate of drug-likeness (QED) is 0.841. The third-order valence-electron chi connectivity index (χ3n) is 3.89. The third kappa shape index (κ3) is 2.05. The van der Waals surface area contributed by atoms with Gasteiger partial charge in [0.05, 0.1) is 11.6 Å². The molecule has 9 heteroatoms. The van der Waals surface area contributed by atoms with E-state index in [1.54, 1.807) is 0 Å². The minimum absolute atomic E-state index is 0.210. The monoisotopic (exact) mass is 318 g/mol. The smallest absolute Gasteiger partial charge is 0.356 e. The molecule has 110 valence electrons. The SMILES string of the molecule is O=C(O)c1ncsc1S(=O)(=O)N1C2CCC1CC(O)C2. The number of piperidine rings is 1. The first-order chi connectivity index (χ1) is 9.41. The third-order valence-corrected chi connectivity index (χ3v) is 7.24. The van der Waals surface area contributed by atoms with E-state index in [4.69, 9.17) is 5.11 Å². The van der Waals surface area contributed by atoms with Gasteiger partial charge < -0.3 is 10.2 Å². The summed E-state index contributed by atoms with van der Waals surface area (Å²) >= 11 is 0.827. The molecule has 0 aliphatic carbocycles. The Balaban J connectivity index is 2.01. The van der Waals surface area contributed by atoms with Crippen LogP contribution in [0, 0.1) is 0 Å². The van der Waals surface area contributed by atoms with Gasteiger partial charge in [0.1, 0.15) is 0 Å². The molecule has 2 aliphatic rings. The number of carboxylic acids is 1. The fourth-order valence-electron chi connectivity index (χ4n) is 3.15. The van der Waals surface area contributed by atoms with Gasteiger partial charge in [0.25, 0.3) is 10.0 Å². The van der Waals surface area contributed by atoms with E-state index in [9.17, 15) is 18.3 Å². The Bertz CT molecular complexity index is 627. The molecule has 20 heavy (non-hydrogen) atoms. The van der Waals surface area contributed by atoms with Gasteiger partial charge in [-0.1, -0.05) is 0 Å². The van der Waals surface area contributed by atoms with Crippen molar-refractivity contribution in [3.05, 3.63) is 11.2 Å². The second-order valence-electron chi connectivity index (χ2n) is 5.14. The molecule has 1 aromatic rings. The highest BCUT2D eigenvalue weighted by Gasteiger charge is 2.48. The van der Waals surface area contributed by atoms with Crippen LogP contribution < -0.4 is 0 Å². The van der Waals surface area contributed by atoms with Crippen molar-refractivity contribution in [1.29, 1.82) is 0 Å². The molecule has 1 aromatic heterocycles. The van der Waals surface area contributed by atoms with Gasteiger partial charge in [-0.15, -0.1) is 11.3 Å². The zero-order valence-corrected chi connectivity index (χ0v) is 12.1. The molecule has 2 N–H and O–H groups in total. The lowest BCUT2D eigenvalue weighted by molar-refractivity contribution is 0.0681. The molecule has 2 fully saturated rings. The van der Waals surface area contributed by atoms with E-state index in [1.807, 2.05) is 0 Å². The minimum atomic E-state index is -3.86. The molecule has 0 radical (unpaired) electrons. The number of carboxylic acid groups (broad SMARTS) is 1. The maximum absolute atomic E-state index is 12.7. The van der Waals surface area contributed by atoms with Gasteiger partial charge in [-0.3, -0.25) is 0 Å². The van der Waals surface area contributed by atoms with E-state index in [2.05, 4.69) is 4.98 Å². The van der Waals surface area contributed by atoms with Crippen molar-refractivity contribution in [2.75, 3.05) is 0 Å². The lowest BCUT2D eigenvalue weighted by Gasteiger charge is -2.35. The predicted molar refractivity (Wildman–Crippen MR) is 70.1 cm³/mol. The van der Waals surface area contributed by atoms with Crippen LogP contribution in [0.25, 0.3) is 0 Å². The summed E-state index contributed by atoms with van der Waals surface area (Å²) in [5.41, 5.74) is 0.817. The highest BCUT2D eigenvalue weighted by atomic mass is 32.2. The van der Waals surface area contributed by atoms with E-state index in [0.717, 1.165) is 11.3 Å². The number of sulfonamides is 1. The number of aliphatic hydroxyl groups is 1. The van der Waals surface area contributed by atoms with Gasteiger partial charge in [0.2, 0.25) is 0 Å². The van der Waals surface area contributed by atoms with Gasteiger partial charge in [-0.05, 0) is 25.7 Å². The highest BCUT2D eigenvalue weighted by molar-refractivity contribution is 7.91. The first-order valence-electron chi connectivity index (χ1n) is 6.29.